The fourth-order valence-corrected chi connectivity index (χ4v) is 1.45. The average Bonchev–Trinajstić information content (AvgIpc) is 2.58. The molecule has 2 N–H and O–H groups in total. The quantitative estimate of drug-likeness (QED) is 0.813. The van der Waals surface area contributed by atoms with Crippen LogP contribution in [0.5, 0.6) is 0 Å². The highest BCUT2D eigenvalue weighted by Gasteiger charge is 2.30. The van der Waals surface area contributed by atoms with Gasteiger partial charge in [-0.2, -0.15) is 13.2 Å². The second-order valence-electron chi connectivity index (χ2n) is 3.69. The molecule has 2 rings (SSSR count). The summed E-state index contributed by atoms with van der Waals surface area (Å²) in [6.07, 6.45) is -4.35. The molecule has 0 aliphatic carbocycles. The SMILES string of the molecule is CC(N)c1cc2ccc(C(F)(F)F)cc2o1. The molecule has 0 spiro atoms. The molecule has 0 bridgehead atoms. The fourth-order valence-electron chi connectivity index (χ4n) is 1.45. The van der Waals surface area contributed by atoms with Crippen LogP contribution >= 0.6 is 0 Å². The van der Waals surface area contributed by atoms with E-state index in [1.807, 2.05) is 0 Å². The standard InChI is InChI=1S/C11H10F3NO/c1-6(15)9-4-7-2-3-8(11(12,13)14)5-10(7)16-9/h2-6H,15H2,1H3. The van der Waals surface area contributed by atoms with Crippen molar-refractivity contribution in [3.8, 4) is 0 Å². The first kappa shape index (κ1) is 11.0. The maximum Gasteiger partial charge on any atom is 0.416 e. The molecule has 0 saturated carbocycles. The lowest BCUT2D eigenvalue weighted by atomic mass is 10.1. The zero-order chi connectivity index (χ0) is 11.9. The van der Waals surface area contributed by atoms with Gasteiger partial charge in [-0.15, -0.1) is 0 Å². The Balaban J connectivity index is 2.54. The van der Waals surface area contributed by atoms with Gasteiger partial charge in [0.15, 0.2) is 0 Å². The summed E-state index contributed by atoms with van der Waals surface area (Å²) in [4.78, 5) is 0. The van der Waals surface area contributed by atoms with Crippen LogP contribution in [0, 0.1) is 0 Å². The minimum absolute atomic E-state index is 0.210. The van der Waals surface area contributed by atoms with Crippen molar-refractivity contribution >= 4 is 11.0 Å². The second kappa shape index (κ2) is 3.52. The van der Waals surface area contributed by atoms with Gasteiger partial charge in [-0.1, -0.05) is 6.07 Å². The molecule has 5 heteroatoms. The summed E-state index contributed by atoms with van der Waals surface area (Å²) in [5.74, 6) is 0.481. The van der Waals surface area contributed by atoms with E-state index in [0.717, 1.165) is 12.1 Å². The molecular weight excluding hydrogens is 219 g/mol. The number of fused-ring (bicyclic) bond motifs is 1. The summed E-state index contributed by atoms with van der Waals surface area (Å²) >= 11 is 0. The summed E-state index contributed by atoms with van der Waals surface area (Å²) in [5, 5.41) is 0.625. The number of furan rings is 1. The predicted octanol–water partition coefficient (Wildman–Crippen LogP) is 3.47. The number of nitrogens with two attached hydrogens (primary N) is 1. The molecule has 2 nitrogen and oxygen atoms in total. The molecule has 1 aromatic heterocycles. The number of halogens is 3. The lowest BCUT2D eigenvalue weighted by Gasteiger charge is -2.05. The number of hydrogen-bond acceptors (Lipinski definition) is 2. The topological polar surface area (TPSA) is 39.2 Å². The average molecular weight is 229 g/mol. The summed E-state index contributed by atoms with van der Waals surface area (Å²) < 4.78 is 42.5. The number of alkyl halides is 3. The van der Waals surface area contributed by atoms with E-state index < -0.39 is 11.7 Å². The maximum atomic E-state index is 12.4. The highest BCUT2D eigenvalue weighted by molar-refractivity contribution is 5.78. The Bertz CT molecular complexity index is 513. The maximum absolute atomic E-state index is 12.4. The van der Waals surface area contributed by atoms with Gasteiger partial charge in [0.05, 0.1) is 11.6 Å². The van der Waals surface area contributed by atoms with E-state index in [2.05, 4.69) is 0 Å². The van der Waals surface area contributed by atoms with E-state index in [0.29, 0.717) is 11.1 Å². The first-order valence-electron chi connectivity index (χ1n) is 4.74. The van der Waals surface area contributed by atoms with Gasteiger partial charge in [0.1, 0.15) is 11.3 Å². The fraction of sp³-hybridized carbons (Fsp3) is 0.273. The Kier molecular flexibility index (Phi) is 2.42. The number of rotatable bonds is 1. The normalized spacial score (nSPS) is 14.3. The molecule has 86 valence electrons. The molecule has 0 radical (unpaired) electrons. The Morgan fingerprint density at radius 3 is 2.50 bits per heavy atom. The number of hydrogen-bond donors (Lipinski definition) is 1. The van der Waals surface area contributed by atoms with Gasteiger partial charge in [-0.05, 0) is 25.1 Å². The monoisotopic (exact) mass is 229 g/mol. The Morgan fingerprint density at radius 2 is 1.94 bits per heavy atom. The van der Waals surface area contributed by atoms with Crippen LogP contribution in [-0.2, 0) is 6.18 Å². The van der Waals surface area contributed by atoms with Crippen LogP contribution in [0.25, 0.3) is 11.0 Å². The first-order valence-corrected chi connectivity index (χ1v) is 4.74. The zero-order valence-corrected chi connectivity index (χ0v) is 8.51. The lowest BCUT2D eigenvalue weighted by molar-refractivity contribution is -0.137. The van der Waals surface area contributed by atoms with Gasteiger partial charge in [-0.25, -0.2) is 0 Å². The third-order valence-electron chi connectivity index (χ3n) is 2.32. The molecule has 0 fully saturated rings. The smallest absolute Gasteiger partial charge is 0.416 e. The Hall–Kier alpha value is -1.49. The van der Waals surface area contributed by atoms with Crippen LogP contribution in [0.1, 0.15) is 24.3 Å². The minimum Gasteiger partial charge on any atom is -0.459 e. The van der Waals surface area contributed by atoms with Crippen molar-refractivity contribution < 1.29 is 17.6 Å². The summed E-state index contributed by atoms with van der Waals surface area (Å²) in [5.41, 5.74) is 5.08. The highest BCUT2D eigenvalue weighted by Crippen LogP contribution is 2.32. The van der Waals surface area contributed by atoms with Crippen LogP contribution in [0.2, 0.25) is 0 Å². The van der Waals surface area contributed by atoms with E-state index in [9.17, 15) is 13.2 Å². The molecule has 0 aliphatic rings. The molecule has 1 unspecified atom stereocenters. The van der Waals surface area contributed by atoms with E-state index in [1.165, 1.54) is 6.07 Å². The van der Waals surface area contributed by atoms with Crippen molar-refractivity contribution in [2.45, 2.75) is 19.1 Å². The number of benzene rings is 1. The molecule has 0 amide bonds. The second-order valence-corrected chi connectivity index (χ2v) is 3.69. The molecule has 16 heavy (non-hydrogen) atoms. The molecule has 1 aromatic carbocycles. The van der Waals surface area contributed by atoms with E-state index in [4.69, 9.17) is 10.2 Å². The molecule has 0 aliphatic heterocycles. The van der Waals surface area contributed by atoms with Crippen molar-refractivity contribution in [3.63, 3.8) is 0 Å². The third kappa shape index (κ3) is 1.90. The molecule has 1 heterocycles. The lowest BCUT2D eigenvalue weighted by Crippen LogP contribution is -2.03. The van der Waals surface area contributed by atoms with Gasteiger partial charge >= 0.3 is 6.18 Å². The van der Waals surface area contributed by atoms with Crippen molar-refractivity contribution in [1.29, 1.82) is 0 Å². The third-order valence-corrected chi connectivity index (χ3v) is 2.32. The molecular formula is C11H10F3NO. The predicted molar refractivity (Wildman–Crippen MR) is 53.8 cm³/mol. The Labute approximate surface area is 89.8 Å². The summed E-state index contributed by atoms with van der Waals surface area (Å²) in [6.45, 7) is 1.71. The van der Waals surface area contributed by atoms with Crippen LogP contribution in [-0.4, -0.2) is 0 Å². The molecule has 0 saturated heterocycles. The van der Waals surface area contributed by atoms with E-state index in [1.54, 1.807) is 13.0 Å². The van der Waals surface area contributed by atoms with Crippen molar-refractivity contribution in [1.82, 2.24) is 0 Å². The van der Waals surface area contributed by atoms with Gasteiger partial charge < -0.3 is 10.2 Å². The van der Waals surface area contributed by atoms with Crippen LogP contribution < -0.4 is 5.73 Å². The zero-order valence-electron chi connectivity index (χ0n) is 8.51. The van der Waals surface area contributed by atoms with Gasteiger partial charge in [0.25, 0.3) is 0 Å². The first-order chi connectivity index (χ1) is 7.38. The van der Waals surface area contributed by atoms with Crippen molar-refractivity contribution in [3.05, 3.63) is 35.6 Å². The van der Waals surface area contributed by atoms with Crippen molar-refractivity contribution in [2.75, 3.05) is 0 Å². The van der Waals surface area contributed by atoms with E-state index in [-0.39, 0.29) is 11.6 Å². The van der Waals surface area contributed by atoms with Crippen molar-refractivity contribution in [2.24, 2.45) is 5.73 Å². The summed E-state index contributed by atoms with van der Waals surface area (Å²) in [7, 11) is 0. The van der Waals surface area contributed by atoms with Crippen LogP contribution in [0.15, 0.2) is 28.7 Å². The molecule has 2 aromatic rings. The highest BCUT2D eigenvalue weighted by atomic mass is 19.4. The van der Waals surface area contributed by atoms with Gasteiger partial charge in [0.2, 0.25) is 0 Å². The van der Waals surface area contributed by atoms with Crippen LogP contribution in [0.4, 0.5) is 13.2 Å². The minimum atomic E-state index is -4.35. The Morgan fingerprint density at radius 1 is 1.25 bits per heavy atom. The largest absolute Gasteiger partial charge is 0.459 e. The van der Waals surface area contributed by atoms with Crippen LogP contribution in [0.3, 0.4) is 0 Å². The van der Waals surface area contributed by atoms with E-state index >= 15 is 0 Å². The summed E-state index contributed by atoms with van der Waals surface area (Å²) in [6, 6.07) is 4.72. The molecule has 1 atom stereocenters. The van der Waals surface area contributed by atoms with Gasteiger partial charge in [0, 0.05) is 5.39 Å². The van der Waals surface area contributed by atoms with Gasteiger partial charge in [-0.3, -0.25) is 0 Å².